The van der Waals surface area contributed by atoms with E-state index in [1.54, 1.807) is 30.3 Å². The molecule has 9 heteroatoms. The maximum absolute atomic E-state index is 13.4. The van der Waals surface area contributed by atoms with Gasteiger partial charge in [-0.2, -0.15) is 0 Å². The van der Waals surface area contributed by atoms with Crippen LogP contribution in [0.25, 0.3) is 5.76 Å². The minimum atomic E-state index is -0.943. The maximum Gasteiger partial charge on any atom is 0.301 e. The van der Waals surface area contributed by atoms with Crippen LogP contribution in [-0.4, -0.2) is 33.6 Å². The molecule has 33 heavy (non-hydrogen) atoms. The van der Waals surface area contributed by atoms with Gasteiger partial charge in [-0.3, -0.25) is 14.5 Å². The summed E-state index contributed by atoms with van der Waals surface area (Å²) in [7, 11) is 0. The van der Waals surface area contributed by atoms with Gasteiger partial charge in [0.1, 0.15) is 28.9 Å². The van der Waals surface area contributed by atoms with Crippen LogP contribution >= 0.6 is 11.3 Å². The van der Waals surface area contributed by atoms with Crippen molar-refractivity contribution in [2.45, 2.75) is 19.4 Å². The number of hydrogen-bond donors (Lipinski definition) is 1. The minimum Gasteiger partial charge on any atom is -0.507 e. The number of nitrogens with zero attached hydrogens (tertiary/aromatic N) is 3. The number of anilines is 1. The van der Waals surface area contributed by atoms with Crippen LogP contribution in [0.15, 0.2) is 66.8 Å². The number of rotatable bonds is 7. The molecule has 1 N–H and O–H groups in total. The molecule has 1 aliphatic heterocycles. The molecule has 0 bridgehead atoms. The van der Waals surface area contributed by atoms with Gasteiger partial charge < -0.3 is 9.84 Å². The fourth-order valence-corrected chi connectivity index (χ4v) is 4.30. The lowest BCUT2D eigenvalue weighted by atomic mass is 9.95. The molecule has 1 unspecified atom stereocenters. The van der Waals surface area contributed by atoms with Crippen molar-refractivity contribution < 1.29 is 23.8 Å². The number of benzene rings is 2. The number of aliphatic hydroxyl groups is 1. The van der Waals surface area contributed by atoms with Crippen molar-refractivity contribution in [1.82, 2.24) is 10.2 Å². The molecule has 1 aliphatic rings. The lowest BCUT2D eigenvalue weighted by molar-refractivity contribution is -0.132. The summed E-state index contributed by atoms with van der Waals surface area (Å²) in [6, 6.07) is 10.9. The van der Waals surface area contributed by atoms with E-state index >= 15 is 0 Å². The Hall–Kier alpha value is -3.85. The zero-order valence-electron chi connectivity index (χ0n) is 17.7. The molecule has 168 valence electrons. The quantitative estimate of drug-likeness (QED) is 0.240. The predicted octanol–water partition coefficient (Wildman–Crippen LogP) is 4.43. The zero-order valence-corrected chi connectivity index (χ0v) is 18.5. The van der Waals surface area contributed by atoms with Crippen LogP contribution in [0, 0.1) is 5.82 Å². The van der Waals surface area contributed by atoms with Crippen molar-refractivity contribution in [3.8, 4) is 5.75 Å². The van der Waals surface area contributed by atoms with Crippen LogP contribution in [-0.2, 0) is 16.0 Å². The van der Waals surface area contributed by atoms with Gasteiger partial charge in [-0.15, -0.1) is 10.2 Å². The van der Waals surface area contributed by atoms with Crippen molar-refractivity contribution in [2.24, 2.45) is 0 Å². The molecule has 7 nitrogen and oxygen atoms in total. The number of aryl methyl sites for hydroxylation is 1. The average Bonchev–Trinajstić information content (AvgIpc) is 3.40. The number of aromatic nitrogens is 2. The molecule has 0 saturated carbocycles. The Labute approximate surface area is 193 Å². The number of carbonyl (C=O) groups is 2. The number of aliphatic hydroxyl groups excluding tert-OH is 1. The number of carbonyl (C=O) groups excluding carboxylic acids is 2. The Bertz CT molecular complexity index is 1240. The summed E-state index contributed by atoms with van der Waals surface area (Å²) in [5.41, 5.74) is 0.675. The highest BCUT2D eigenvalue weighted by Gasteiger charge is 2.48. The summed E-state index contributed by atoms with van der Waals surface area (Å²) >= 11 is 1.20. The topological polar surface area (TPSA) is 92.6 Å². The summed E-state index contributed by atoms with van der Waals surface area (Å²) in [5.74, 6) is -1.98. The standard InChI is InChI=1S/C24H20FN3O4S/c1-3-13-32-17-11-7-14(8-12-17)20-19(21(29)15-5-9-16(25)10-6-15)22(30)23(31)28(20)24-27-26-18(4-2)33-24/h3,5-12,20,29H,1,4,13H2,2H3/b21-19+. The lowest BCUT2D eigenvalue weighted by Crippen LogP contribution is -2.29. The molecule has 2 heterocycles. The van der Waals surface area contributed by atoms with Gasteiger partial charge in [-0.1, -0.05) is 43.0 Å². The normalized spacial score (nSPS) is 17.4. The second-order valence-corrected chi connectivity index (χ2v) is 8.22. The number of hydrogen-bond acceptors (Lipinski definition) is 7. The Morgan fingerprint density at radius 3 is 2.48 bits per heavy atom. The molecule has 0 radical (unpaired) electrons. The van der Waals surface area contributed by atoms with Crippen molar-refractivity contribution in [1.29, 1.82) is 0 Å². The fourth-order valence-electron chi connectivity index (χ4n) is 3.49. The first kappa shape index (κ1) is 22.3. The van der Waals surface area contributed by atoms with Gasteiger partial charge >= 0.3 is 5.91 Å². The van der Waals surface area contributed by atoms with E-state index in [2.05, 4.69) is 16.8 Å². The van der Waals surface area contributed by atoms with Gasteiger partial charge in [0, 0.05) is 5.56 Å². The molecule has 0 aliphatic carbocycles. The third-order valence-corrected chi connectivity index (χ3v) is 6.16. The van der Waals surface area contributed by atoms with Crippen LogP contribution in [0.1, 0.15) is 29.1 Å². The summed E-state index contributed by atoms with van der Waals surface area (Å²) in [6.45, 7) is 5.85. The number of ketones is 1. The van der Waals surface area contributed by atoms with Crippen molar-refractivity contribution in [2.75, 3.05) is 11.5 Å². The zero-order chi connectivity index (χ0) is 23.5. The van der Waals surface area contributed by atoms with E-state index < -0.39 is 29.3 Å². The first-order chi connectivity index (χ1) is 15.9. The number of amides is 1. The second kappa shape index (κ2) is 9.33. The summed E-state index contributed by atoms with van der Waals surface area (Å²) in [5, 5.41) is 20.1. The number of ether oxygens (including phenoxy) is 1. The molecule has 0 spiro atoms. The van der Waals surface area contributed by atoms with Crippen LogP contribution in [0.4, 0.5) is 9.52 Å². The predicted molar refractivity (Wildman–Crippen MR) is 123 cm³/mol. The highest BCUT2D eigenvalue weighted by Crippen LogP contribution is 2.43. The maximum atomic E-state index is 13.4. The molecule has 1 aromatic heterocycles. The Balaban J connectivity index is 1.86. The second-order valence-electron chi connectivity index (χ2n) is 7.18. The lowest BCUT2D eigenvalue weighted by Gasteiger charge is -2.22. The van der Waals surface area contributed by atoms with E-state index in [9.17, 15) is 19.1 Å². The largest absolute Gasteiger partial charge is 0.507 e. The molecule has 1 fully saturated rings. The van der Waals surface area contributed by atoms with Gasteiger partial charge in [0.15, 0.2) is 0 Å². The van der Waals surface area contributed by atoms with Crippen molar-refractivity contribution in [3.63, 3.8) is 0 Å². The molecule has 1 saturated heterocycles. The Kier molecular flexibility index (Phi) is 6.32. The Morgan fingerprint density at radius 2 is 1.88 bits per heavy atom. The first-order valence-corrected chi connectivity index (χ1v) is 11.0. The van der Waals surface area contributed by atoms with Gasteiger partial charge in [-0.25, -0.2) is 4.39 Å². The van der Waals surface area contributed by atoms with Gasteiger partial charge in [0.25, 0.3) is 5.78 Å². The third-order valence-electron chi connectivity index (χ3n) is 5.09. The van der Waals surface area contributed by atoms with Crippen molar-refractivity contribution >= 4 is 33.9 Å². The van der Waals surface area contributed by atoms with E-state index in [1.807, 2.05) is 6.92 Å². The average molecular weight is 466 g/mol. The summed E-state index contributed by atoms with van der Waals surface area (Å²) in [6.07, 6.45) is 2.24. The monoisotopic (exact) mass is 465 g/mol. The van der Waals surface area contributed by atoms with E-state index in [1.165, 1.54) is 40.5 Å². The van der Waals surface area contributed by atoms with Crippen LogP contribution in [0.2, 0.25) is 0 Å². The highest BCUT2D eigenvalue weighted by atomic mass is 32.1. The molecule has 4 rings (SSSR count). The molecule has 2 aromatic carbocycles. The van der Waals surface area contributed by atoms with E-state index in [4.69, 9.17) is 4.74 Å². The molecule has 1 atom stereocenters. The van der Waals surface area contributed by atoms with Gasteiger partial charge in [0.2, 0.25) is 5.13 Å². The van der Waals surface area contributed by atoms with E-state index in [0.717, 1.165) is 0 Å². The minimum absolute atomic E-state index is 0.111. The SMILES string of the molecule is C=CCOc1ccc(C2/C(=C(\O)c3ccc(F)cc3)C(=O)C(=O)N2c2nnc(CC)s2)cc1. The summed E-state index contributed by atoms with van der Waals surface area (Å²) < 4.78 is 18.9. The van der Waals surface area contributed by atoms with E-state index in [0.29, 0.717) is 29.3 Å². The molecule has 1 amide bonds. The smallest absolute Gasteiger partial charge is 0.301 e. The van der Waals surface area contributed by atoms with E-state index in [-0.39, 0.29) is 16.3 Å². The fraction of sp³-hybridized carbons (Fsp3) is 0.167. The van der Waals surface area contributed by atoms with Gasteiger partial charge in [-0.05, 0) is 48.4 Å². The first-order valence-electron chi connectivity index (χ1n) is 10.2. The molecule has 3 aromatic rings. The van der Waals surface area contributed by atoms with Crippen LogP contribution in [0.3, 0.4) is 0 Å². The summed E-state index contributed by atoms with van der Waals surface area (Å²) in [4.78, 5) is 27.4. The Morgan fingerprint density at radius 1 is 1.18 bits per heavy atom. The molecular formula is C24H20FN3O4S. The van der Waals surface area contributed by atoms with Gasteiger partial charge in [0.05, 0.1) is 11.6 Å². The van der Waals surface area contributed by atoms with Crippen molar-refractivity contribution in [3.05, 3.63) is 88.7 Å². The third kappa shape index (κ3) is 4.27. The number of halogens is 1. The number of Topliss-reactive ketones (excluding diaryl/α,β-unsaturated/α-hetero) is 1. The highest BCUT2D eigenvalue weighted by molar-refractivity contribution is 7.15. The van der Waals surface area contributed by atoms with Crippen LogP contribution in [0.5, 0.6) is 5.75 Å². The van der Waals surface area contributed by atoms with Crippen LogP contribution < -0.4 is 9.64 Å². The molecular weight excluding hydrogens is 445 g/mol.